The summed E-state index contributed by atoms with van der Waals surface area (Å²) >= 11 is 0. The van der Waals surface area contributed by atoms with Gasteiger partial charge in [-0.05, 0) is 23.8 Å². The van der Waals surface area contributed by atoms with E-state index in [1.165, 1.54) is 12.8 Å². The lowest BCUT2D eigenvalue weighted by atomic mass is 10.0. The van der Waals surface area contributed by atoms with E-state index in [1.807, 2.05) is 35.2 Å². The number of rotatable bonds is 3. The molecule has 1 N–H and O–H groups in total. The molecule has 2 amide bonds. The molecule has 20 heavy (non-hydrogen) atoms. The van der Waals surface area contributed by atoms with Gasteiger partial charge < -0.3 is 10.2 Å². The van der Waals surface area contributed by atoms with Crippen LogP contribution in [0.1, 0.15) is 37.8 Å². The topological polar surface area (TPSA) is 49.4 Å². The highest BCUT2D eigenvalue weighted by atomic mass is 16.2. The fourth-order valence-electron chi connectivity index (χ4n) is 2.68. The molecule has 1 unspecified atom stereocenters. The van der Waals surface area contributed by atoms with Gasteiger partial charge in [-0.3, -0.25) is 9.59 Å². The molecule has 1 aliphatic carbocycles. The molecular formula is C16H20N2O2. The van der Waals surface area contributed by atoms with Gasteiger partial charge in [0.1, 0.15) is 6.04 Å². The maximum absolute atomic E-state index is 12.7. The third-order valence-electron chi connectivity index (χ3n) is 4.28. The first kappa shape index (κ1) is 13.2. The highest BCUT2D eigenvalue weighted by Gasteiger charge is 2.42. The molecule has 3 rings (SSSR count). The average Bonchev–Trinajstić information content (AvgIpc) is 3.20. The molecular weight excluding hydrogens is 252 g/mol. The van der Waals surface area contributed by atoms with Gasteiger partial charge in [0.25, 0.3) is 0 Å². The Balaban J connectivity index is 1.83. The Kier molecular flexibility index (Phi) is 3.24. The largest absolute Gasteiger partial charge is 0.340 e. The van der Waals surface area contributed by atoms with Gasteiger partial charge in [0.05, 0.1) is 0 Å². The highest BCUT2D eigenvalue weighted by molar-refractivity contribution is 5.90. The number of carbonyl (C=O) groups is 2. The molecule has 2 aliphatic rings. The van der Waals surface area contributed by atoms with Gasteiger partial charge >= 0.3 is 0 Å². The van der Waals surface area contributed by atoms with E-state index in [0.29, 0.717) is 13.0 Å². The van der Waals surface area contributed by atoms with E-state index in [9.17, 15) is 9.59 Å². The first-order valence-corrected chi connectivity index (χ1v) is 7.21. The van der Waals surface area contributed by atoms with Gasteiger partial charge in [0, 0.05) is 19.5 Å². The Morgan fingerprint density at radius 1 is 1.25 bits per heavy atom. The third kappa shape index (κ3) is 2.69. The van der Waals surface area contributed by atoms with Gasteiger partial charge in [-0.1, -0.05) is 37.3 Å². The quantitative estimate of drug-likeness (QED) is 0.913. The number of benzene rings is 1. The predicted molar refractivity (Wildman–Crippen MR) is 75.9 cm³/mol. The molecule has 0 radical (unpaired) electrons. The van der Waals surface area contributed by atoms with Crippen LogP contribution in [0.4, 0.5) is 0 Å². The van der Waals surface area contributed by atoms with Crippen LogP contribution in [0, 0.1) is 5.41 Å². The van der Waals surface area contributed by atoms with Crippen LogP contribution in [0.25, 0.3) is 0 Å². The highest BCUT2D eigenvalue weighted by Crippen LogP contribution is 2.45. The van der Waals surface area contributed by atoms with Crippen molar-refractivity contribution < 1.29 is 9.59 Å². The van der Waals surface area contributed by atoms with E-state index in [2.05, 4.69) is 12.2 Å². The van der Waals surface area contributed by atoms with Crippen LogP contribution >= 0.6 is 0 Å². The minimum absolute atomic E-state index is 0.0233. The minimum Gasteiger partial charge on any atom is -0.340 e. The number of hydrogen-bond donors (Lipinski definition) is 1. The molecule has 4 nitrogen and oxygen atoms in total. The Labute approximate surface area is 119 Å². The normalized spacial score (nSPS) is 25.1. The van der Waals surface area contributed by atoms with E-state index < -0.39 is 6.04 Å². The lowest BCUT2D eigenvalue weighted by Crippen LogP contribution is -2.40. The molecule has 1 aromatic rings. The van der Waals surface area contributed by atoms with Gasteiger partial charge in [0.2, 0.25) is 11.8 Å². The first-order chi connectivity index (χ1) is 9.57. The maximum atomic E-state index is 12.7. The third-order valence-corrected chi connectivity index (χ3v) is 4.28. The molecule has 1 atom stereocenters. The summed E-state index contributed by atoms with van der Waals surface area (Å²) in [5, 5.41) is 2.85. The van der Waals surface area contributed by atoms with E-state index >= 15 is 0 Å². The van der Waals surface area contributed by atoms with Crippen molar-refractivity contribution >= 4 is 11.8 Å². The Bertz CT molecular complexity index is 523. The molecule has 4 heteroatoms. The van der Waals surface area contributed by atoms with Crippen LogP contribution in [0.5, 0.6) is 0 Å². The van der Waals surface area contributed by atoms with Crippen molar-refractivity contribution in [3.63, 3.8) is 0 Å². The lowest BCUT2D eigenvalue weighted by molar-refractivity contribution is -0.134. The fourth-order valence-corrected chi connectivity index (χ4v) is 2.68. The van der Waals surface area contributed by atoms with Crippen molar-refractivity contribution in [1.82, 2.24) is 10.2 Å². The summed E-state index contributed by atoms with van der Waals surface area (Å²) in [7, 11) is 0. The molecule has 0 aromatic heterocycles. The number of nitrogens with zero attached hydrogens (tertiary/aromatic N) is 1. The van der Waals surface area contributed by atoms with E-state index in [-0.39, 0.29) is 17.2 Å². The molecule has 0 bridgehead atoms. The standard InChI is InChI=1S/C16H20N2O2/c1-16(8-9-16)11-18-10-7-13(19)17-14(15(18)20)12-5-3-2-4-6-12/h2-6,14H,7-11H2,1H3,(H,17,19). The van der Waals surface area contributed by atoms with Gasteiger partial charge in [-0.25, -0.2) is 0 Å². The second-order valence-electron chi connectivity index (χ2n) is 6.23. The Hall–Kier alpha value is -1.84. The zero-order valence-electron chi connectivity index (χ0n) is 11.8. The molecule has 2 fully saturated rings. The first-order valence-electron chi connectivity index (χ1n) is 7.21. The van der Waals surface area contributed by atoms with Crippen LogP contribution in [0.15, 0.2) is 30.3 Å². The summed E-state index contributed by atoms with van der Waals surface area (Å²) in [5.41, 5.74) is 1.13. The average molecular weight is 272 g/mol. The molecule has 0 spiro atoms. The SMILES string of the molecule is CC1(CN2CCC(=O)NC(c3ccccc3)C2=O)CC1. The number of nitrogens with one attached hydrogen (secondary N) is 1. The van der Waals surface area contributed by atoms with Gasteiger partial charge in [-0.2, -0.15) is 0 Å². The summed E-state index contributed by atoms with van der Waals surface area (Å²) in [5.74, 6) is -0.0224. The monoisotopic (exact) mass is 272 g/mol. The van der Waals surface area contributed by atoms with Crippen molar-refractivity contribution in [1.29, 1.82) is 0 Å². The maximum Gasteiger partial charge on any atom is 0.249 e. The smallest absolute Gasteiger partial charge is 0.249 e. The summed E-state index contributed by atoms with van der Waals surface area (Å²) < 4.78 is 0. The van der Waals surface area contributed by atoms with Crippen molar-refractivity contribution in [2.24, 2.45) is 5.41 Å². The van der Waals surface area contributed by atoms with Crippen molar-refractivity contribution in [3.8, 4) is 0 Å². The minimum atomic E-state index is -0.534. The number of hydrogen-bond acceptors (Lipinski definition) is 2. The molecule has 106 valence electrons. The van der Waals surface area contributed by atoms with E-state index in [4.69, 9.17) is 0 Å². The van der Waals surface area contributed by atoms with Crippen molar-refractivity contribution in [2.75, 3.05) is 13.1 Å². The number of carbonyl (C=O) groups excluding carboxylic acids is 2. The van der Waals surface area contributed by atoms with E-state index in [1.54, 1.807) is 0 Å². The summed E-state index contributed by atoms with van der Waals surface area (Å²) in [4.78, 5) is 26.4. The summed E-state index contributed by atoms with van der Waals surface area (Å²) in [6, 6.07) is 8.96. The summed E-state index contributed by atoms with van der Waals surface area (Å²) in [6.45, 7) is 3.51. The Morgan fingerprint density at radius 3 is 2.60 bits per heavy atom. The zero-order chi connectivity index (χ0) is 14.2. The van der Waals surface area contributed by atoms with Crippen LogP contribution in [0.2, 0.25) is 0 Å². The van der Waals surface area contributed by atoms with E-state index in [0.717, 1.165) is 12.1 Å². The molecule has 1 saturated heterocycles. The Morgan fingerprint density at radius 2 is 1.95 bits per heavy atom. The van der Waals surface area contributed by atoms with Crippen molar-refractivity contribution in [2.45, 2.75) is 32.2 Å². The van der Waals surface area contributed by atoms with Crippen LogP contribution in [-0.2, 0) is 9.59 Å². The van der Waals surface area contributed by atoms with Crippen LogP contribution in [-0.4, -0.2) is 29.8 Å². The molecule has 1 saturated carbocycles. The van der Waals surface area contributed by atoms with Crippen molar-refractivity contribution in [3.05, 3.63) is 35.9 Å². The summed E-state index contributed by atoms with van der Waals surface area (Å²) in [6.07, 6.45) is 2.74. The second-order valence-corrected chi connectivity index (χ2v) is 6.23. The molecule has 1 aromatic carbocycles. The van der Waals surface area contributed by atoms with Crippen LogP contribution in [0.3, 0.4) is 0 Å². The van der Waals surface area contributed by atoms with Crippen LogP contribution < -0.4 is 5.32 Å². The molecule has 1 heterocycles. The molecule has 1 aliphatic heterocycles. The second kappa shape index (κ2) is 4.93. The zero-order valence-corrected chi connectivity index (χ0v) is 11.8. The lowest BCUT2D eigenvalue weighted by Gasteiger charge is -2.27. The number of amides is 2. The van der Waals surface area contributed by atoms with Gasteiger partial charge in [0.15, 0.2) is 0 Å². The predicted octanol–water partition coefficient (Wildman–Crippen LogP) is 1.88. The van der Waals surface area contributed by atoms with Gasteiger partial charge in [-0.15, -0.1) is 0 Å². The fraction of sp³-hybridized carbons (Fsp3) is 0.500.